The zero-order valence-electron chi connectivity index (χ0n) is 6.85. The molecule has 0 amide bonds. The maximum absolute atomic E-state index is 10.8. The Morgan fingerprint density at radius 1 is 1.54 bits per heavy atom. The quantitative estimate of drug-likeness (QED) is 0.739. The molecule has 13 heavy (non-hydrogen) atoms. The van der Waals surface area contributed by atoms with Gasteiger partial charge in [-0.15, -0.1) is 11.3 Å². The molecule has 0 saturated carbocycles. The van der Waals surface area contributed by atoms with Crippen molar-refractivity contribution in [2.24, 2.45) is 0 Å². The minimum atomic E-state index is -1.90. The lowest BCUT2D eigenvalue weighted by molar-refractivity contribution is 0.564. The zero-order valence-corrected chi connectivity index (χ0v) is 8.48. The summed E-state index contributed by atoms with van der Waals surface area (Å²) in [5.41, 5.74) is 3.59. The summed E-state index contributed by atoms with van der Waals surface area (Å²) in [4.78, 5) is 4.60. The molecule has 3 nitrogen and oxygen atoms in total. The number of aromatic nitrogens is 1. The summed E-state index contributed by atoms with van der Waals surface area (Å²) in [6.45, 7) is 1.89. The lowest BCUT2D eigenvalue weighted by Gasteiger charge is -1.98. The molecule has 2 rings (SSSR count). The van der Waals surface area contributed by atoms with Crippen molar-refractivity contribution < 1.29 is 8.76 Å². The molecular weight excluding hydrogens is 206 g/mol. The van der Waals surface area contributed by atoms with E-state index < -0.39 is 11.1 Å². The average Bonchev–Trinajstić information content (AvgIpc) is 2.51. The number of rotatable bonds is 1. The minimum absolute atomic E-state index is 0.439. The largest absolute Gasteiger partial charge is 0.302 e. The van der Waals surface area contributed by atoms with Crippen LogP contribution < -0.4 is 0 Å². The van der Waals surface area contributed by atoms with Crippen LogP contribution in [0.2, 0.25) is 0 Å². The zero-order chi connectivity index (χ0) is 9.42. The van der Waals surface area contributed by atoms with Crippen molar-refractivity contribution >= 4 is 32.6 Å². The highest BCUT2D eigenvalue weighted by Crippen LogP contribution is 2.24. The van der Waals surface area contributed by atoms with E-state index >= 15 is 0 Å². The summed E-state index contributed by atoms with van der Waals surface area (Å²) >= 11 is -0.424. The Kier molecular flexibility index (Phi) is 2.15. The monoisotopic (exact) mass is 213 g/mol. The van der Waals surface area contributed by atoms with E-state index in [2.05, 4.69) is 4.98 Å². The topological polar surface area (TPSA) is 50.2 Å². The van der Waals surface area contributed by atoms with E-state index in [0.29, 0.717) is 4.90 Å². The van der Waals surface area contributed by atoms with Gasteiger partial charge in [-0.25, -0.2) is 9.19 Å². The van der Waals surface area contributed by atoms with Gasteiger partial charge >= 0.3 is 0 Å². The summed E-state index contributed by atoms with van der Waals surface area (Å²) in [5, 5.41) is 0. The van der Waals surface area contributed by atoms with E-state index in [1.807, 2.05) is 6.92 Å². The molecule has 0 bridgehead atoms. The van der Waals surface area contributed by atoms with Gasteiger partial charge in [-0.05, 0) is 24.6 Å². The molecule has 68 valence electrons. The van der Waals surface area contributed by atoms with E-state index in [9.17, 15) is 4.21 Å². The molecule has 5 heteroatoms. The molecule has 1 aromatic heterocycles. The highest BCUT2D eigenvalue weighted by molar-refractivity contribution is 7.79. The fourth-order valence-corrected chi connectivity index (χ4v) is 2.57. The number of fused-ring (bicyclic) bond motifs is 1. The molecule has 0 fully saturated rings. The third-order valence-electron chi connectivity index (χ3n) is 1.80. The van der Waals surface area contributed by atoms with Crippen LogP contribution in [0.25, 0.3) is 10.2 Å². The van der Waals surface area contributed by atoms with Gasteiger partial charge in [0.1, 0.15) is 0 Å². The SMILES string of the molecule is Cc1cc(S(=O)O)cc2scnc12. The van der Waals surface area contributed by atoms with Crippen LogP contribution in [-0.2, 0) is 11.1 Å². The fraction of sp³-hybridized carbons (Fsp3) is 0.125. The normalized spacial score (nSPS) is 13.4. The molecule has 0 aliphatic heterocycles. The van der Waals surface area contributed by atoms with Gasteiger partial charge in [-0.2, -0.15) is 0 Å². The smallest absolute Gasteiger partial charge is 0.186 e. The first kappa shape index (κ1) is 8.80. The summed E-state index contributed by atoms with van der Waals surface area (Å²) < 4.78 is 20.7. The summed E-state index contributed by atoms with van der Waals surface area (Å²) in [6, 6.07) is 3.40. The highest BCUT2D eigenvalue weighted by Gasteiger charge is 2.06. The minimum Gasteiger partial charge on any atom is -0.302 e. The molecule has 1 N–H and O–H groups in total. The molecule has 0 saturated heterocycles. The van der Waals surface area contributed by atoms with Crippen molar-refractivity contribution in [3.8, 4) is 0 Å². The molecule has 0 spiro atoms. The van der Waals surface area contributed by atoms with Crippen molar-refractivity contribution in [2.45, 2.75) is 11.8 Å². The van der Waals surface area contributed by atoms with Crippen molar-refractivity contribution in [2.75, 3.05) is 0 Å². The van der Waals surface area contributed by atoms with E-state index in [1.165, 1.54) is 11.3 Å². The average molecular weight is 213 g/mol. The number of nitrogens with zero attached hydrogens (tertiary/aromatic N) is 1. The Hall–Kier alpha value is -0.780. The van der Waals surface area contributed by atoms with Crippen LogP contribution in [0.5, 0.6) is 0 Å². The van der Waals surface area contributed by atoms with Crippen LogP contribution in [0.3, 0.4) is 0 Å². The number of thiazole rings is 1. The van der Waals surface area contributed by atoms with Gasteiger partial charge < -0.3 is 4.55 Å². The number of benzene rings is 1. The molecule has 2 aromatic rings. The standard InChI is InChI=1S/C8H7NO2S2/c1-5-2-6(13(10)11)3-7-8(5)9-4-12-7/h2-4H,1H3,(H,10,11). The first-order chi connectivity index (χ1) is 6.18. The molecule has 0 aliphatic rings. The Morgan fingerprint density at radius 2 is 2.31 bits per heavy atom. The lowest BCUT2D eigenvalue weighted by Crippen LogP contribution is -1.89. The van der Waals surface area contributed by atoms with Crippen molar-refractivity contribution in [1.29, 1.82) is 0 Å². The maximum Gasteiger partial charge on any atom is 0.186 e. The van der Waals surface area contributed by atoms with Gasteiger partial charge in [0.05, 0.1) is 20.6 Å². The van der Waals surface area contributed by atoms with Crippen LogP contribution >= 0.6 is 11.3 Å². The fourth-order valence-electron chi connectivity index (χ4n) is 1.21. The molecule has 1 aromatic carbocycles. The first-order valence-corrected chi connectivity index (χ1v) is 5.62. The Bertz CT molecular complexity index is 478. The van der Waals surface area contributed by atoms with Gasteiger partial charge in [-0.1, -0.05) is 0 Å². The molecular formula is C8H7NO2S2. The summed E-state index contributed by atoms with van der Waals surface area (Å²) in [7, 11) is 0. The van der Waals surface area contributed by atoms with Gasteiger partial charge in [0.2, 0.25) is 0 Å². The Balaban J connectivity index is 2.77. The van der Waals surface area contributed by atoms with E-state index in [0.717, 1.165) is 15.8 Å². The predicted molar refractivity (Wildman–Crippen MR) is 53.4 cm³/mol. The molecule has 1 heterocycles. The second-order valence-electron chi connectivity index (χ2n) is 2.69. The van der Waals surface area contributed by atoms with Gasteiger partial charge in [-0.3, -0.25) is 0 Å². The van der Waals surface area contributed by atoms with Crippen LogP contribution in [0.4, 0.5) is 0 Å². The van der Waals surface area contributed by atoms with Crippen molar-refractivity contribution in [3.63, 3.8) is 0 Å². The third-order valence-corrected chi connectivity index (χ3v) is 3.22. The van der Waals surface area contributed by atoms with Crippen LogP contribution in [0, 0.1) is 6.92 Å². The van der Waals surface area contributed by atoms with Gasteiger partial charge in [0.25, 0.3) is 0 Å². The Labute approximate surface area is 81.7 Å². The van der Waals surface area contributed by atoms with Gasteiger partial charge in [0.15, 0.2) is 11.1 Å². The second kappa shape index (κ2) is 3.17. The number of hydrogen-bond donors (Lipinski definition) is 1. The van der Waals surface area contributed by atoms with Crippen LogP contribution in [-0.4, -0.2) is 13.7 Å². The summed E-state index contributed by atoms with van der Waals surface area (Å²) in [6.07, 6.45) is 0. The predicted octanol–water partition coefficient (Wildman–Crippen LogP) is 2.19. The molecule has 1 unspecified atom stereocenters. The van der Waals surface area contributed by atoms with E-state index in [4.69, 9.17) is 4.55 Å². The highest BCUT2D eigenvalue weighted by atomic mass is 32.2. The van der Waals surface area contributed by atoms with Gasteiger partial charge in [0, 0.05) is 0 Å². The first-order valence-electron chi connectivity index (χ1n) is 3.63. The van der Waals surface area contributed by atoms with Crippen molar-refractivity contribution in [3.05, 3.63) is 23.2 Å². The van der Waals surface area contributed by atoms with Crippen molar-refractivity contribution in [1.82, 2.24) is 4.98 Å². The second-order valence-corrected chi connectivity index (χ2v) is 4.54. The molecule has 1 atom stereocenters. The van der Waals surface area contributed by atoms with E-state index in [-0.39, 0.29) is 0 Å². The number of hydrogen-bond acceptors (Lipinski definition) is 3. The van der Waals surface area contributed by atoms with Crippen LogP contribution in [0.15, 0.2) is 22.5 Å². The number of aryl methyl sites for hydroxylation is 1. The summed E-state index contributed by atoms with van der Waals surface area (Å²) in [5.74, 6) is 0. The van der Waals surface area contributed by atoms with Crippen LogP contribution in [0.1, 0.15) is 5.56 Å². The lowest BCUT2D eigenvalue weighted by atomic mass is 10.2. The van der Waals surface area contributed by atoms with E-state index in [1.54, 1.807) is 17.6 Å². The molecule has 0 radical (unpaired) electrons. The molecule has 0 aliphatic carbocycles. The Morgan fingerprint density at radius 3 is 3.00 bits per heavy atom. The third kappa shape index (κ3) is 1.50. The maximum atomic E-state index is 10.8.